The highest BCUT2D eigenvalue weighted by Gasteiger charge is 2.29. The minimum absolute atomic E-state index is 0.526. The lowest BCUT2D eigenvalue weighted by atomic mass is 10.1. The molecule has 1 nitrogen and oxygen atoms in total. The summed E-state index contributed by atoms with van der Waals surface area (Å²) in [5.74, 6) is 6.49. The maximum atomic E-state index is 12.6. The van der Waals surface area contributed by atoms with Gasteiger partial charge >= 0.3 is 6.18 Å². The lowest BCUT2D eigenvalue weighted by molar-refractivity contribution is -0.137. The van der Waals surface area contributed by atoms with E-state index in [2.05, 4.69) is 24.1 Å². The standard InChI is InChI=1S/C27H34F3N/c1-2-3-4-5-6-7-8-9-10-11-12-23-13-15-24(16-14-23)21-31-22-25-17-19-26(20-18-25)27(28,29)30/h13-20,31H,2-10,21-22H2,1H3. The van der Waals surface area contributed by atoms with Crippen molar-refractivity contribution >= 4 is 0 Å². The molecule has 2 aromatic carbocycles. The molecule has 168 valence electrons. The summed E-state index contributed by atoms with van der Waals surface area (Å²) < 4.78 is 37.8. The van der Waals surface area contributed by atoms with Crippen LogP contribution < -0.4 is 5.32 Å². The Morgan fingerprint density at radius 2 is 1.23 bits per heavy atom. The number of benzene rings is 2. The molecule has 1 N–H and O–H groups in total. The first-order valence-corrected chi connectivity index (χ1v) is 11.4. The molecule has 0 unspecified atom stereocenters. The van der Waals surface area contributed by atoms with Gasteiger partial charge in [-0.3, -0.25) is 0 Å². The fourth-order valence-corrected chi connectivity index (χ4v) is 3.38. The third-order valence-electron chi connectivity index (χ3n) is 5.28. The molecular weight excluding hydrogens is 395 g/mol. The number of alkyl halides is 3. The number of halogens is 3. The normalized spacial score (nSPS) is 11.2. The highest BCUT2D eigenvalue weighted by Crippen LogP contribution is 2.29. The average molecular weight is 430 g/mol. The van der Waals surface area contributed by atoms with Gasteiger partial charge in [0.15, 0.2) is 0 Å². The second-order valence-electron chi connectivity index (χ2n) is 8.02. The predicted octanol–water partition coefficient (Wildman–Crippen LogP) is 7.88. The number of hydrogen-bond donors (Lipinski definition) is 1. The zero-order valence-electron chi connectivity index (χ0n) is 18.5. The highest BCUT2D eigenvalue weighted by atomic mass is 19.4. The molecular formula is C27H34F3N. The molecule has 0 bridgehead atoms. The van der Waals surface area contributed by atoms with Crippen LogP contribution in [0.1, 0.15) is 87.0 Å². The molecule has 2 aromatic rings. The molecule has 0 amide bonds. The topological polar surface area (TPSA) is 12.0 Å². The van der Waals surface area contributed by atoms with Crippen molar-refractivity contribution in [2.45, 2.75) is 84.0 Å². The monoisotopic (exact) mass is 429 g/mol. The summed E-state index contributed by atoms with van der Waals surface area (Å²) >= 11 is 0. The minimum atomic E-state index is -4.29. The molecule has 0 heterocycles. The van der Waals surface area contributed by atoms with E-state index in [9.17, 15) is 13.2 Å². The molecule has 0 atom stereocenters. The van der Waals surface area contributed by atoms with Crippen LogP contribution in [0.25, 0.3) is 0 Å². The van der Waals surface area contributed by atoms with Crippen LogP contribution in [0.3, 0.4) is 0 Å². The Bertz CT molecular complexity index is 796. The Kier molecular flexibility index (Phi) is 11.2. The van der Waals surface area contributed by atoms with Gasteiger partial charge in [0.25, 0.3) is 0 Å². The Balaban J connectivity index is 1.62. The molecule has 0 spiro atoms. The minimum Gasteiger partial charge on any atom is -0.309 e. The number of hydrogen-bond acceptors (Lipinski definition) is 1. The SMILES string of the molecule is CCCCCCCCCCC#Cc1ccc(CNCc2ccc(C(F)(F)F)cc2)cc1. The summed E-state index contributed by atoms with van der Waals surface area (Å²) in [5, 5.41) is 3.27. The Labute approximate surface area is 185 Å². The Morgan fingerprint density at radius 3 is 1.77 bits per heavy atom. The molecule has 0 saturated heterocycles. The van der Waals surface area contributed by atoms with E-state index in [4.69, 9.17) is 0 Å². The molecule has 0 aliphatic carbocycles. The summed E-state index contributed by atoms with van der Waals surface area (Å²) in [7, 11) is 0. The van der Waals surface area contributed by atoms with Gasteiger partial charge in [-0.05, 0) is 41.8 Å². The van der Waals surface area contributed by atoms with Gasteiger partial charge in [-0.1, -0.05) is 88.0 Å². The van der Waals surface area contributed by atoms with E-state index in [0.717, 1.165) is 35.2 Å². The summed E-state index contributed by atoms with van der Waals surface area (Å²) in [6.07, 6.45) is 7.17. The second kappa shape index (κ2) is 13.9. The fraction of sp³-hybridized carbons (Fsp3) is 0.481. The Hall–Kier alpha value is -2.25. The van der Waals surface area contributed by atoms with E-state index < -0.39 is 11.7 Å². The summed E-state index contributed by atoms with van der Waals surface area (Å²) in [4.78, 5) is 0. The van der Waals surface area contributed by atoms with Gasteiger partial charge in [0.2, 0.25) is 0 Å². The number of rotatable bonds is 12. The van der Waals surface area contributed by atoms with Crippen molar-refractivity contribution in [1.82, 2.24) is 5.32 Å². The van der Waals surface area contributed by atoms with Crippen molar-refractivity contribution in [3.8, 4) is 11.8 Å². The molecule has 0 aromatic heterocycles. The largest absolute Gasteiger partial charge is 0.416 e. The molecule has 0 aliphatic heterocycles. The molecule has 0 fully saturated rings. The van der Waals surface area contributed by atoms with Gasteiger partial charge in [-0.25, -0.2) is 0 Å². The maximum Gasteiger partial charge on any atom is 0.416 e. The van der Waals surface area contributed by atoms with Gasteiger partial charge in [-0.2, -0.15) is 13.2 Å². The van der Waals surface area contributed by atoms with E-state index in [0.29, 0.717) is 13.1 Å². The van der Waals surface area contributed by atoms with Crippen LogP contribution in [0.2, 0.25) is 0 Å². The predicted molar refractivity (Wildman–Crippen MR) is 123 cm³/mol. The van der Waals surface area contributed by atoms with E-state index in [1.165, 1.54) is 63.5 Å². The van der Waals surface area contributed by atoms with Gasteiger partial charge in [0.05, 0.1) is 5.56 Å². The molecule has 4 heteroatoms. The van der Waals surface area contributed by atoms with Crippen molar-refractivity contribution in [2.24, 2.45) is 0 Å². The van der Waals surface area contributed by atoms with Crippen LogP contribution in [0.4, 0.5) is 13.2 Å². The summed E-state index contributed by atoms with van der Waals surface area (Å²) in [5.41, 5.74) is 2.36. The van der Waals surface area contributed by atoms with Crippen LogP contribution in [0.15, 0.2) is 48.5 Å². The first-order chi connectivity index (χ1) is 15.0. The van der Waals surface area contributed by atoms with Crippen molar-refractivity contribution in [3.05, 3.63) is 70.8 Å². The summed E-state index contributed by atoms with van der Waals surface area (Å²) in [6.45, 7) is 3.43. The third-order valence-corrected chi connectivity index (χ3v) is 5.28. The lowest BCUT2D eigenvalue weighted by Crippen LogP contribution is -2.13. The van der Waals surface area contributed by atoms with Crippen LogP contribution in [-0.4, -0.2) is 0 Å². The van der Waals surface area contributed by atoms with E-state index >= 15 is 0 Å². The van der Waals surface area contributed by atoms with Crippen LogP contribution >= 0.6 is 0 Å². The fourth-order valence-electron chi connectivity index (χ4n) is 3.38. The van der Waals surface area contributed by atoms with Crippen LogP contribution in [0.5, 0.6) is 0 Å². The van der Waals surface area contributed by atoms with E-state index in [-0.39, 0.29) is 0 Å². The average Bonchev–Trinajstić information content (AvgIpc) is 2.76. The summed E-state index contributed by atoms with van der Waals surface area (Å²) in [6, 6.07) is 13.4. The zero-order chi connectivity index (χ0) is 22.4. The van der Waals surface area contributed by atoms with Crippen molar-refractivity contribution in [2.75, 3.05) is 0 Å². The van der Waals surface area contributed by atoms with Gasteiger partial charge in [0, 0.05) is 25.1 Å². The second-order valence-corrected chi connectivity index (χ2v) is 8.02. The molecule has 0 radical (unpaired) electrons. The van der Waals surface area contributed by atoms with E-state index in [1.807, 2.05) is 24.3 Å². The molecule has 0 saturated carbocycles. The van der Waals surface area contributed by atoms with Gasteiger partial charge in [0.1, 0.15) is 0 Å². The smallest absolute Gasteiger partial charge is 0.309 e. The van der Waals surface area contributed by atoms with Crippen LogP contribution in [-0.2, 0) is 19.3 Å². The third kappa shape index (κ3) is 10.6. The lowest BCUT2D eigenvalue weighted by Gasteiger charge is -2.08. The molecule has 2 rings (SSSR count). The molecule has 0 aliphatic rings. The van der Waals surface area contributed by atoms with Crippen molar-refractivity contribution < 1.29 is 13.2 Å². The maximum absolute atomic E-state index is 12.6. The number of nitrogens with one attached hydrogen (secondary N) is 1. The Morgan fingerprint density at radius 1 is 0.710 bits per heavy atom. The van der Waals surface area contributed by atoms with Crippen molar-refractivity contribution in [1.29, 1.82) is 0 Å². The van der Waals surface area contributed by atoms with Crippen LogP contribution in [0, 0.1) is 11.8 Å². The highest BCUT2D eigenvalue weighted by molar-refractivity contribution is 5.36. The molecule has 31 heavy (non-hydrogen) atoms. The quantitative estimate of drug-likeness (QED) is 0.267. The van der Waals surface area contributed by atoms with E-state index in [1.54, 1.807) is 0 Å². The first-order valence-electron chi connectivity index (χ1n) is 11.4. The first kappa shape index (κ1) is 25.0. The number of unbranched alkanes of at least 4 members (excludes halogenated alkanes) is 8. The van der Waals surface area contributed by atoms with Gasteiger partial charge < -0.3 is 5.32 Å². The van der Waals surface area contributed by atoms with Crippen molar-refractivity contribution in [3.63, 3.8) is 0 Å². The van der Waals surface area contributed by atoms with Gasteiger partial charge in [-0.15, -0.1) is 0 Å². The zero-order valence-corrected chi connectivity index (χ0v) is 18.5.